The summed E-state index contributed by atoms with van der Waals surface area (Å²) in [6, 6.07) is 7.80. The van der Waals surface area contributed by atoms with Crippen molar-refractivity contribution >= 4 is 16.9 Å². The summed E-state index contributed by atoms with van der Waals surface area (Å²) in [6.45, 7) is -0.604. The van der Waals surface area contributed by atoms with Crippen molar-refractivity contribution in [2.45, 2.75) is 0 Å². The summed E-state index contributed by atoms with van der Waals surface area (Å²) in [5.41, 5.74) is -0.240. The molecule has 0 amide bonds. The fraction of sp³-hybridized carbons (Fsp3) is 0.0909. The van der Waals surface area contributed by atoms with Gasteiger partial charge in [-0.15, -0.1) is 0 Å². The highest BCUT2D eigenvalue weighted by atomic mass is 16.5. The van der Waals surface area contributed by atoms with Crippen LogP contribution in [0.5, 0.6) is 5.75 Å². The molecule has 0 aliphatic carbocycles. The molecule has 5 nitrogen and oxygen atoms in total. The molecule has 1 heterocycles. The number of rotatable bonds is 3. The Morgan fingerprint density at radius 3 is 2.88 bits per heavy atom. The lowest BCUT2D eigenvalue weighted by Crippen LogP contribution is -2.29. The monoisotopic (exact) mass is 219 g/mol. The molecule has 0 unspecified atom stereocenters. The second-order valence-electron chi connectivity index (χ2n) is 3.09. The zero-order valence-corrected chi connectivity index (χ0v) is 8.14. The molecule has 2 aromatic rings. The van der Waals surface area contributed by atoms with Crippen molar-refractivity contribution in [1.82, 2.24) is 0 Å². The van der Waals surface area contributed by atoms with Crippen LogP contribution in [0.2, 0.25) is 0 Å². The van der Waals surface area contributed by atoms with E-state index in [1.807, 2.05) is 0 Å². The Morgan fingerprint density at radius 2 is 2.12 bits per heavy atom. The molecule has 16 heavy (non-hydrogen) atoms. The first-order valence-corrected chi connectivity index (χ1v) is 4.52. The van der Waals surface area contributed by atoms with E-state index in [0.29, 0.717) is 11.0 Å². The number of carbonyl (C=O) groups is 1. The van der Waals surface area contributed by atoms with Crippen molar-refractivity contribution in [3.8, 4) is 5.75 Å². The Kier molecular flexibility index (Phi) is 2.59. The minimum atomic E-state index is -1.35. The molecule has 1 aromatic heterocycles. The molecule has 0 N–H and O–H groups in total. The normalized spacial score (nSPS) is 10.2. The molecule has 82 valence electrons. The molecule has 1 aromatic carbocycles. The molecule has 0 spiro atoms. The minimum absolute atomic E-state index is 0.177. The molecule has 0 atom stereocenters. The molecule has 0 fully saturated rings. The number of aliphatic carboxylic acids is 1. The Bertz CT molecular complexity index is 584. The van der Waals surface area contributed by atoms with Gasteiger partial charge in [0.15, 0.2) is 0 Å². The molecule has 0 radical (unpaired) electrons. The Hall–Kier alpha value is -2.30. The van der Waals surface area contributed by atoms with Gasteiger partial charge in [0, 0.05) is 0 Å². The first-order chi connectivity index (χ1) is 7.66. The summed E-state index contributed by atoms with van der Waals surface area (Å²) in [4.78, 5) is 21.4. The van der Waals surface area contributed by atoms with Crippen LogP contribution in [0.3, 0.4) is 0 Å². The molecule has 0 aliphatic rings. The summed E-state index contributed by atoms with van der Waals surface area (Å²) >= 11 is 0. The number of carbonyl (C=O) groups excluding carboxylic acids is 1. The second-order valence-corrected chi connectivity index (χ2v) is 3.09. The van der Waals surface area contributed by atoms with Gasteiger partial charge in [0.2, 0.25) is 0 Å². The number of carboxylic acid groups (broad SMARTS) is 1. The zero-order chi connectivity index (χ0) is 11.5. The first kappa shape index (κ1) is 10.2. The van der Waals surface area contributed by atoms with Gasteiger partial charge in [0.25, 0.3) is 0 Å². The fourth-order valence-corrected chi connectivity index (χ4v) is 1.34. The van der Waals surface area contributed by atoms with Gasteiger partial charge >= 0.3 is 5.63 Å². The second kappa shape index (κ2) is 4.06. The van der Waals surface area contributed by atoms with Crippen molar-refractivity contribution in [2.24, 2.45) is 0 Å². The summed E-state index contributed by atoms with van der Waals surface area (Å²) in [6.07, 6.45) is 0. The highest BCUT2D eigenvalue weighted by Gasteiger charge is 2.05. The molecule has 0 saturated heterocycles. The predicted molar refractivity (Wildman–Crippen MR) is 53.0 cm³/mol. The van der Waals surface area contributed by atoms with E-state index in [4.69, 9.17) is 9.15 Å². The van der Waals surface area contributed by atoms with Crippen molar-refractivity contribution < 1.29 is 19.1 Å². The van der Waals surface area contributed by atoms with Crippen LogP contribution in [-0.2, 0) is 4.79 Å². The van der Waals surface area contributed by atoms with E-state index in [0.717, 1.165) is 6.07 Å². The van der Waals surface area contributed by atoms with E-state index in [9.17, 15) is 14.7 Å². The van der Waals surface area contributed by atoms with Crippen LogP contribution in [0.1, 0.15) is 0 Å². The molecule has 0 aliphatic heterocycles. The molecule has 2 rings (SSSR count). The van der Waals surface area contributed by atoms with E-state index in [1.165, 1.54) is 0 Å². The zero-order valence-electron chi connectivity index (χ0n) is 8.14. The molecule has 5 heteroatoms. The first-order valence-electron chi connectivity index (χ1n) is 4.52. The SMILES string of the molecule is O=C([O-])COc1cc(=O)oc2ccccc12. The van der Waals surface area contributed by atoms with Crippen molar-refractivity contribution in [1.29, 1.82) is 0 Å². The van der Waals surface area contributed by atoms with Crippen LogP contribution in [0.4, 0.5) is 0 Å². The number of fused-ring (bicyclic) bond motifs is 1. The Morgan fingerprint density at radius 1 is 1.38 bits per heavy atom. The third kappa shape index (κ3) is 2.03. The third-order valence-corrected chi connectivity index (χ3v) is 1.96. The van der Waals surface area contributed by atoms with Crippen LogP contribution >= 0.6 is 0 Å². The van der Waals surface area contributed by atoms with Crippen molar-refractivity contribution in [3.63, 3.8) is 0 Å². The van der Waals surface area contributed by atoms with Crippen LogP contribution in [0, 0.1) is 0 Å². The van der Waals surface area contributed by atoms with Crippen molar-refractivity contribution in [2.75, 3.05) is 6.61 Å². The van der Waals surface area contributed by atoms with Gasteiger partial charge in [0.05, 0.1) is 17.4 Å². The van der Waals surface area contributed by atoms with Gasteiger partial charge in [-0.1, -0.05) is 12.1 Å². The van der Waals surface area contributed by atoms with Crippen LogP contribution in [-0.4, -0.2) is 12.6 Å². The van der Waals surface area contributed by atoms with Crippen LogP contribution < -0.4 is 15.5 Å². The lowest BCUT2D eigenvalue weighted by Gasteiger charge is -2.08. The van der Waals surface area contributed by atoms with E-state index >= 15 is 0 Å². The van der Waals surface area contributed by atoms with E-state index < -0.39 is 18.2 Å². The lowest BCUT2D eigenvalue weighted by atomic mass is 10.2. The van der Waals surface area contributed by atoms with Gasteiger partial charge in [-0.25, -0.2) is 4.79 Å². The molecular formula is C11H7O5-. The maximum absolute atomic E-state index is 11.1. The maximum atomic E-state index is 11.1. The largest absolute Gasteiger partial charge is 0.546 e. The minimum Gasteiger partial charge on any atom is -0.546 e. The summed E-state index contributed by atoms with van der Waals surface area (Å²) in [7, 11) is 0. The topological polar surface area (TPSA) is 79.6 Å². The highest BCUT2D eigenvalue weighted by Crippen LogP contribution is 2.22. The van der Waals surface area contributed by atoms with Gasteiger partial charge in [-0.2, -0.15) is 0 Å². The summed E-state index contributed by atoms with van der Waals surface area (Å²) < 4.78 is 9.85. The molecule has 0 bridgehead atoms. The standard InChI is InChI=1S/C11H8O5/c12-10(13)6-15-9-5-11(14)16-8-4-2-1-3-7(8)9/h1-5H,6H2,(H,12,13)/p-1. The van der Waals surface area contributed by atoms with Gasteiger partial charge in [0.1, 0.15) is 17.9 Å². The van der Waals surface area contributed by atoms with Gasteiger partial charge < -0.3 is 19.1 Å². The molecular weight excluding hydrogens is 212 g/mol. The highest BCUT2D eigenvalue weighted by molar-refractivity contribution is 5.83. The van der Waals surface area contributed by atoms with Crippen LogP contribution in [0.15, 0.2) is 39.5 Å². The number of hydrogen-bond acceptors (Lipinski definition) is 5. The summed E-state index contributed by atoms with van der Waals surface area (Å²) in [5, 5.41) is 10.8. The smallest absolute Gasteiger partial charge is 0.339 e. The lowest BCUT2D eigenvalue weighted by molar-refractivity contribution is -0.307. The number of benzene rings is 1. The quantitative estimate of drug-likeness (QED) is 0.674. The van der Waals surface area contributed by atoms with Gasteiger partial charge in [-0.05, 0) is 12.1 Å². The maximum Gasteiger partial charge on any atom is 0.339 e. The number of carboxylic acids is 1. The Labute approximate surface area is 89.9 Å². The summed E-state index contributed by atoms with van der Waals surface area (Å²) in [5.74, 6) is -1.17. The number of ether oxygens (including phenoxy) is 1. The third-order valence-electron chi connectivity index (χ3n) is 1.96. The molecule has 0 saturated carbocycles. The van der Waals surface area contributed by atoms with Crippen LogP contribution in [0.25, 0.3) is 11.0 Å². The Balaban J connectivity index is 2.50. The van der Waals surface area contributed by atoms with Gasteiger partial charge in [-0.3, -0.25) is 0 Å². The number of para-hydroxylation sites is 1. The van der Waals surface area contributed by atoms with E-state index in [2.05, 4.69) is 0 Å². The van der Waals surface area contributed by atoms with E-state index in [1.54, 1.807) is 24.3 Å². The fourth-order valence-electron chi connectivity index (χ4n) is 1.34. The number of hydrogen-bond donors (Lipinski definition) is 0. The average molecular weight is 219 g/mol. The average Bonchev–Trinajstić information content (AvgIpc) is 2.25. The predicted octanol–water partition coefficient (Wildman–Crippen LogP) is -0.0783. The van der Waals surface area contributed by atoms with E-state index in [-0.39, 0.29) is 5.75 Å². The van der Waals surface area contributed by atoms with Crippen molar-refractivity contribution in [3.05, 3.63) is 40.8 Å².